The summed E-state index contributed by atoms with van der Waals surface area (Å²) in [6.07, 6.45) is 6.13. The molecule has 0 aliphatic carbocycles. The Labute approximate surface area is 195 Å². The van der Waals surface area contributed by atoms with Gasteiger partial charge in [-0.25, -0.2) is 4.79 Å². The summed E-state index contributed by atoms with van der Waals surface area (Å²) in [6.45, 7) is 2.12. The van der Waals surface area contributed by atoms with Crippen LogP contribution >= 0.6 is 0 Å². The average Bonchev–Trinajstić information content (AvgIpc) is 3.49. The number of likely N-dealkylation sites (tertiary alicyclic amines) is 1. The van der Waals surface area contributed by atoms with Crippen molar-refractivity contribution < 1.29 is 24.3 Å². The van der Waals surface area contributed by atoms with Crippen LogP contribution in [0.1, 0.15) is 64.2 Å². The smallest absolute Gasteiger partial charge is 0.326 e. The minimum absolute atomic E-state index is 0.204. The zero-order valence-electron chi connectivity index (χ0n) is 19.4. The lowest BCUT2D eigenvalue weighted by Gasteiger charge is -2.30. The Kier molecular flexibility index (Phi) is 11.6. The maximum atomic E-state index is 13.4. The molecule has 2 aliphatic heterocycles. The Bertz CT molecular complexity index is 670. The fourth-order valence-electron chi connectivity index (χ4n) is 4.45. The summed E-state index contributed by atoms with van der Waals surface area (Å²) in [5, 5.41) is 18.1. The van der Waals surface area contributed by atoms with Crippen molar-refractivity contribution in [1.29, 1.82) is 0 Å². The second-order valence-electron chi connectivity index (χ2n) is 8.87. The minimum atomic E-state index is -1.10. The lowest BCUT2D eigenvalue weighted by molar-refractivity contribution is -0.145. The second-order valence-corrected chi connectivity index (χ2v) is 8.87. The van der Waals surface area contributed by atoms with Crippen LogP contribution < -0.4 is 27.4 Å². The molecule has 0 spiro atoms. The summed E-state index contributed by atoms with van der Waals surface area (Å²) in [7, 11) is 0. The van der Waals surface area contributed by atoms with E-state index >= 15 is 0 Å². The molecular weight excluding hydrogens is 428 g/mol. The molecule has 11 heteroatoms. The Hall–Kier alpha value is -2.24. The topological polar surface area (TPSA) is 180 Å². The molecule has 2 fully saturated rings. The molecule has 3 amide bonds. The van der Waals surface area contributed by atoms with E-state index in [0.717, 1.165) is 25.8 Å². The number of unbranched alkanes of at least 4 members (excludes halogenated alkanes) is 2. The third kappa shape index (κ3) is 8.24. The SMILES string of the molecule is NCCCCC(NC(=O)C1CCCN1C(=O)C(CCCCN)NC(=O)C1CCCN1)C(=O)O. The zero-order valence-corrected chi connectivity index (χ0v) is 19.4. The van der Waals surface area contributed by atoms with Crippen LogP contribution in [0.5, 0.6) is 0 Å². The molecule has 0 aromatic carbocycles. The normalized spacial score (nSPS) is 22.1. The molecule has 2 saturated heterocycles. The van der Waals surface area contributed by atoms with Crippen LogP contribution in [0.4, 0.5) is 0 Å². The molecule has 4 atom stereocenters. The van der Waals surface area contributed by atoms with Gasteiger partial charge < -0.3 is 37.4 Å². The van der Waals surface area contributed by atoms with E-state index in [0.29, 0.717) is 58.2 Å². The molecule has 188 valence electrons. The van der Waals surface area contributed by atoms with E-state index in [2.05, 4.69) is 16.0 Å². The quantitative estimate of drug-likeness (QED) is 0.176. The van der Waals surface area contributed by atoms with Gasteiger partial charge in [0.15, 0.2) is 0 Å². The van der Waals surface area contributed by atoms with Gasteiger partial charge in [0.25, 0.3) is 0 Å². The third-order valence-corrected chi connectivity index (χ3v) is 6.34. The number of carboxylic acids is 1. The van der Waals surface area contributed by atoms with Gasteiger partial charge in [0.05, 0.1) is 6.04 Å². The highest BCUT2D eigenvalue weighted by Crippen LogP contribution is 2.21. The first-order valence-corrected chi connectivity index (χ1v) is 12.2. The highest BCUT2D eigenvalue weighted by molar-refractivity contribution is 5.94. The van der Waals surface area contributed by atoms with Crippen molar-refractivity contribution in [3.05, 3.63) is 0 Å². The van der Waals surface area contributed by atoms with Crippen LogP contribution in [0.25, 0.3) is 0 Å². The van der Waals surface area contributed by atoms with Gasteiger partial charge in [-0.05, 0) is 83.8 Å². The van der Waals surface area contributed by atoms with Gasteiger partial charge in [-0.3, -0.25) is 14.4 Å². The van der Waals surface area contributed by atoms with Gasteiger partial charge in [0.2, 0.25) is 17.7 Å². The fraction of sp³-hybridized carbons (Fsp3) is 0.818. The van der Waals surface area contributed by atoms with Crippen LogP contribution in [0, 0.1) is 0 Å². The zero-order chi connectivity index (χ0) is 24.2. The van der Waals surface area contributed by atoms with E-state index < -0.39 is 30.0 Å². The van der Waals surface area contributed by atoms with Crippen LogP contribution in [0.3, 0.4) is 0 Å². The molecular formula is C22H40N6O5. The predicted octanol–water partition coefficient (Wildman–Crippen LogP) is -0.958. The molecule has 4 unspecified atom stereocenters. The van der Waals surface area contributed by atoms with Gasteiger partial charge in [-0.1, -0.05) is 0 Å². The summed E-state index contributed by atoms with van der Waals surface area (Å²) in [4.78, 5) is 52.0. The summed E-state index contributed by atoms with van der Waals surface area (Å²) in [6, 6.07) is -2.81. The number of amides is 3. The van der Waals surface area contributed by atoms with Crippen molar-refractivity contribution in [3.63, 3.8) is 0 Å². The highest BCUT2D eigenvalue weighted by atomic mass is 16.4. The van der Waals surface area contributed by atoms with Crippen molar-refractivity contribution >= 4 is 23.7 Å². The number of nitrogens with two attached hydrogens (primary N) is 2. The number of aliphatic carboxylic acids is 1. The van der Waals surface area contributed by atoms with Crippen LogP contribution in [-0.4, -0.2) is 84.0 Å². The number of hydrogen-bond donors (Lipinski definition) is 6. The van der Waals surface area contributed by atoms with Crippen molar-refractivity contribution in [2.75, 3.05) is 26.2 Å². The number of carbonyl (C=O) groups excluding carboxylic acids is 3. The number of nitrogens with zero attached hydrogens (tertiary/aromatic N) is 1. The van der Waals surface area contributed by atoms with E-state index in [1.807, 2.05) is 0 Å². The maximum Gasteiger partial charge on any atom is 0.326 e. The molecule has 0 aromatic rings. The molecule has 2 rings (SSSR count). The second kappa shape index (κ2) is 14.1. The Balaban J connectivity index is 2.04. The lowest BCUT2D eigenvalue weighted by Crippen LogP contribution is -2.56. The Morgan fingerprint density at radius 3 is 2.12 bits per heavy atom. The molecule has 2 aliphatic rings. The van der Waals surface area contributed by atoms with Gasteiger partial charge >= 0.3 is 5.97 Å². The molecule has 33 heavy (non-hydrogen) atoms. The first kappa shape index (κ1) is 27.0. The van der Waals surface area contributed by atoms with E-state index in [1.165, 1.54) is 4.90 Å². The fourth-order valence-corrected chi connectivity index (χ4v) is 4.45. The summed E-state index contributed by atoms with van der Waals surface area (Å²) >= 11 is 0. The molecule has 8 N–H and O–H groups in total. The van der Waals surface area contributed by atoms with E-state index in [4.69, 9.17) is 11.5 Å². The number of rotatable bonds is 14. The summed E-state index contributed by atoms with van der Waals surface area (Å²) < 4.78 is 0. The van der Waals surface area contributed by atoms with Crippen LogP contribution in [-0.2, 0) is 19.2 Å². The molecule has 11 nitrogen and oxygen atoms in total. The van der Waals surface area contributed by atoms with Gasteiger partial charge in [0.1, 0.15) is 18.1 Å². The number of carbonyl (C=O) groups is 4. The van der Waals surface area contributed by atoms with E-state index in [1.54, 1.807) is 0 Å². The van der Waals surface area contributed by atoms with Gasteiger partial charge in [-0.15, -0.1) is 0 Å². The first-order valence-electron chi connectivity index (χ1n) is 12.2. The molecule has 0 bridgehead atoms. The van der Waals surface area contributed by atoms with Gasteiger partial charge in [0, 0.05) is 6.54 Å². The molecule has 0 saturated carbocycles. The molecule has 0 aromatic heterocycles. The maximum absolute atomic E-state index is 13.4. The van der Waals surface area contributed by atoms with E-state index in [-0.39, 0.29) is 24.3 Å². The van der Waals surface area contributed by atoms with Crippen LogP contribution in [0.2, 0.25) is 0 Å². The predicted molar refractivity (Wildman–Crippen MR) is 123 cm³/mol. The molecule has 2 heterocycles. The van der Waals surface area contributed by atoms with Crippen molar-refractivity contribution in [1.82, 2.24) is 20.9 Å². The average molecular weight is 469 g/mol. The van der Waals surface area contributed by atoms with Crippen LogP contribution in [0.15, 0.2) is 0 Å². The standard InChI is InChI=1S/C22H40N6O5/c23-11-3-1-7-16(26-19(29)15-9-5-13-25-15)21(31)28-14-6-10-18(28)20(30)27-17(22(32)33)8-2-4-12-24/h15-18,25H,1-14,23-24H2,(H,26,29)(H,27,30)(H,32,33). The Morgan fingerprint density at radius 1 is 0.909 bits per heavy atom. The molecule has 0 radical (unpaired) electrons. The lowest BCUT2D eigenvalue weighted by atomic mass is 10.1. The number of hydrogen-bond acceptors (Lipinski definition) is 7. The monoisotopic (exact) mass is 468 g/mol. The third-order valence-electron chi connectivity index (χ3n) is 6.34. The van der Waals surface area contributed by atoms with Crippen molar-refractivity contribution in [2.24, 2.45) is 11.5 Å². The van der Waals surface area contributed by atoms with Gasteiger partial charge in [-0.2, -0.15) is 0 Å². The first-order chi connectivity index (χ1) is 15.9. The summed E-state index contributed by atoms with van der Waals surface area (Å²) in [5.74, 6) is -2.08. The Morgan fingerprint density at radius 2 is 1.55 bits per heavy atom. The number of nitrogens with one attached hydrogen (secondary N) is 3. The summed E-state index contributed by atoms with van der Waals surface area (Å²) in [5.41, 5.74) is 11.1. The van der Waals surface area contributed by atoms with E-state index in [9.17, 15) is 24.3 Å². The highest BCUT2D eigenvalue weighted by Gasteiger charge is 2.39. The largest absolute Gasteiger partial charge is 0.480 e. The minimum Gasteiger partial charge on any atom is -0.480 e. The van der Waals surface area contributed by atoms with Crippen molar-refractivity contribution in [2.45, 2.75) is 88.4 Å². The number of carboxylic acid groups (broad SMARTS) is 1. The van der Waals surface area contributed by atoms with Crippen molar-refractivity contribution in [3.8, 4) is 0 Å².